The number of hydrogen-bond acceptors (Lipinski definition) is 29. The first-order valence-corrected chi connectivity index (χ1v) is 47.0. The van der Waals surface area contributed by atoms with Crippen LogP contribution in [0.1, 0.15) is 97.2 Å². The molecule has 6 aromatic rings. The van der Waals surface area contributed by atoms with Crippen molar-refractivity contribution in [3.63, 3.8) is 0 Å². The van der Waals surface area contributed by atoms with Gasteiger partial charge >= 0.3 is 21.1 Å². The molecule has 0 radical (unpaired) electrons. The van der Waals surface area contributed by atoms with E-state index >= 15 is 0 Å². The SMILES string of the molecule is CCC/C=C/CNC.CNC/C=C/CCN.CNC/C=C/c1ccccc1OCCN.CNCC/C=C/CN.CNCCC#CCCN.CNCCCc1cccc(OCCN)c1.CNCCCc1ccccc1OCCN.CNCCOCCN.CNCCOc1cccc(OCCN)c1.CNCCc1ccc(CN)cc1.CNCCc1cccc(CN)c1.[CH2-]CN.[CH2-]CNC.[W+2]. The Bertz CT molecular complexity index is 3300. The van der Waals surface area contributed by atoms with Crippen LogP contribution < -0.4 is 151 Å². The molecule has 6 rings (SSSR count). The Morgan fingerprint density at radius 3 is 1.25 bits per heavy atom. The summed E-state index contributed by atoms with van der Waals surface area (Å²) in [5, 5.41) is 36.5. The van der Waals surface area contributed by atoms with E-state index in [-0.39, 0.29) is 21.1 Å². The van der Waals surface area contributed by atoms with Gasteiger partial charge in [-0.2, -0.15) is 0 Å². The van der Waals surface area contributed by atoms with E-state index in [0.29, 0.717) is 105 Å². The first kappa shape index (κ1) is 141. The molecule has 0 fully saturated rings. The van der Waals surface area contributed by atoms with Crippen molar-refractivity contribution in [2.75, 3.05) is 268 Å². The van der Waals surface area contributed by atoms with Crippen molar-refractivity contribution in [3.05, 3.63) is 241 Å². The van der Waals surface area contributed by atoms with Gasteiger partial charge in [-0.15, -0.1) is 24.9 Å². The van der Waals surface area contributed by atoms with Crippen LogP contribution in [0.5, 0.6) is 28.7 Å². The molecule has 6 aromatic carbocycles. The summed E-state index contributed by atoms with van der Waals surface area (Å²) in [5.41, 5.74) is 66.9. The molecule has 0 aliphatic carbocycles. The molecule has 0 saturated carbocycles. The molecule has 30 heteroatoms. The molecule has 0 bridgehead atoms. The third-order valence-corrected chi connectivity index (χ3v) is 16.5. The Kier molecular flexibility index (Phi) is 134. The molecule has 0 aromatic heterocycles. The Balaban J connectivity index is -0.000000215. The van der Waals surface area contributed by atoms with Crippen LogP contribution in [0.4, 0.5) is 0 Å². The third-order valence-electron chi connectivity index (χ3n) is 16.5. The van der Waals surface area contributed by atoms with Gasteiger partial charge in [0.1, 0.15) is 61.8 Å². The summed E-state index contributed by atoms with van der Waals surface area (Å²) in [4.78, 5) is 0. The molecule has 0 aliphatic rings. The first-order valence-electron chi connectivity index (χ1n) is 47.0. The maximum absolute atomic E-state index is 5.57. The van der Waals surface area contributed by atoms with E-state index in [1.807, 2.05) is 176 Å². The minimum Gasteiger partial charge on any atom is -0.492 e. The van der Waals surface area contributed by atoms with Crippen molar-refractivity contribution in [1.82, 2.24) is 63.8 Å². The number of allylic oxidation sites excluding steroid dienone is 1. The molecular formula is C103H193N23O6W. The van der Waals surface area contributed by atoms with Gasteiger partial charge in [-0.05, 0) is 251 Å². The molecule has 0 amide bonds. The molecule has 133 heavy (non-hydrogen) atoms. The van der Waals surface area contributed by atoms with Gasteiger partial charge < -0.3 is 169 Å². The molecule has 29 nitrogen and oxygen atoms in total. The number of para-hydroxylation sites is 2. The standard InChI is InChI=1S/2C12H20N2O.C12H18N2O.C11H18N2O2.2C10H16N2.C7H14N2.C7H15N.2C6H14N2.C5H14N2O.C3H8N.C2H6N.W/c1-14-8-3-5-11-4-2-6-12(10-11)15-9-7-13;2*1-14-9-4-6-11-5-2-3-7-12(11)15-10-8-13;1-13-6-8-15-11-4-2-3-10(9-11)14-7-5-12;1-12-7-6-9-2-4-10(8-11)5-3-9;1-12-6-5-9-3-2-4-10(7-9)8-11;1-9-7-5-3-2-4-6-8;1-3-4-5-6-7-8-2;2*1-8-6-4-2-3-5-7;1-7-3-5-8-4-2-6;1-3-4-2;1-2-3;/h2,4,6,10,14H,3,5,7-9,13H2,1H3;2-3,5,7,14H,4,6,8-10,13H2,1H3;2-7,14H,8-10,13H2,1H3;2-4,9,13H,5-8,12H2,1H3;2-5,12H,6-8,11H2,1H3;2-4,7,12H,5-6,8,11H2,1H3;9H,4-8H2,1H3;5-6,8H,3-4,7H2,1-2H3;2,4,8H,3,5-7H2,1H3;2-3,8H,4-7H2,1H3;7H,2-6H2,1H3;4H,1,3H2,2H3;1-3H2;/q;;;;;;;;;;;2*-1;+2/b;;6-4+;;;;;6-5+;4-2+;3-2+;;;;. The average Bonchev–Trinajstić information content (AvgIpc) is 0.880. The number of unbranched alkanes of at least 4 members (excludes halogenated alkanes) is 1. The van der Waals surface area contributed by atoms with Crippen molar-refractivity contribution in [2.45, 2.75) is 97.1 Å². The second-order valence-corrected chi connectivity index (χ2v) is 28.1. The van der Waals surface area contributed by atoms with Gasteiger partial charge in [0.05, 0.1) is 13.2 Å². The summed E-state index contributed by atoms with van der Waals surface area (Å²) < 4.78 is 32.5. The van der Waals surface area contributed by atoms with Gasteiger partial charge in [0.25, 0.3) is 0 Å². The van der Waals surface area contributed by atoms with E-state index in [1.54, 1.807) is 0 Å². The Morgan fingerprint density at radius 1 is 0.316 bits per heavy atom. The minimum absolute atomic E-state index is 0. The predicted molar refractivity (Wildman–Crippen MR) is 574 cm³/mol. The zero-order chi connectivity index (χ0) is 99.4. The number of benzene rings is 6. The van der Waals surface area contributed by atoms with Crippen molar-refractivity contribution >= 4 is 6.08 Å². The zero-order valence-corrected chi connectivity index (χ0v) is 87.7. The number of nitrogens with one attached hydrogen (secondary N) is 12. The molecule has 0 aliphatic heterocycles. The van der Waals surface area contributed by atoms with Crippen LogP contribution >= 0.6 is 0 Å². The minimum atomic E-state index is 0. The molecule has 0 atom stereocenters. The summed E-state index contributed by atoms with van der Waals surface area (Å²) in [6.07, 6.45) is 29.5. The van der Waals surface area contributed by atoms with Crippen LogP contribution in [-0.2, 0) is 64.6 Å². The number of rotatable bonds is 56. The van der Waals surface area contributed by atoms with Crippen molar-refractivity contribution in [3.8, 4) is 40.6 Å². The van der Waals surface area contributed by atoms with Gasteiger partial charge in [-0.3, -0.25) is 0 Å². The fourth-order valence-electron chi connectivity index (χ4n) is 9.67. The van der Waals surface area contributed by atoms with Crippen molar-refractivity contribution in [1.29, 1.82) is 0 Å². The third kappa shape index (κ3) is 111. The van der Waals surface area contributed by atoms with Gasteiger partial charge in [-0.25, -0.2) is 0 Å². The second kappa shape index (κ2) is 127. The molecule has 0 saturated heterocycles. The van der Waals surface area contributed by atoms with Crippen LogP contribution in [0.25, 0.3) is 6.08 Å². The number of likely N-dealkylation sites (N-methyl/N-ethyl adjacent to an activating group) is 7. The van der Waals surface area contributed by atoms with Crippen LogP contribution in [0.15, 0.2) is 188 Å². The van der Waals surface area contributed by atoms with E-state index in [0.717, 1.165) is 190 Å². The molecule has 762 valence electrons. The Labute approximate surface area is 824 Å². The van der Waals surface area contributed by atoms with E-state index in [1.165, 1.54) is 46.2 Å². The van der Waals surface area contributed by atoms with Crippen LogP contribution in [-0.4, -0.2) is 268 Å². The van der Waals surface area contributed by atoms with E-state index in [4.69, 9.17) is 91.5 Å². The van der Waals surface area contributed by atoms with Crippen molar-refractivity contribution in [2.24, 2.45) is 63.1 Å². The number of hydrogen-bond donors (Lipinski definition) is 23. The summed E-state index contributed by atoms with van der Waals surface area (Å²) in [5.74, 6) is 10.3. The monoisotopic (exact) mass is 2030 g/mol. The molecule has 34 N–H and O–H groups in total. The molecular weight excluding hydrogens is 1840 g/mol. The summed E-state index contributed by atoms with van der Waals surface area (Å²) in [6, 6.07) is 48.7. The quantitative estimate of drug-likeness (QED) is 0.00810. The second-order valence-electron chi connectivity index (χ2n) is 28.1. The van der Waals surface area contributed by atoms with Gasteiger partial charge in [0, 0.05) is 123 Å². The molecule has 0 heterocycles. The van der Waals surface area contributed by atoms with E-state index in [9.17, 15) is 0 Å². The Hall–Kier alpha value is -7.43. The summed E-state index contributed by atoms with van der Waals surface area (Å²) >= 11 is 0. The summed E-state index contributed by atoms with van der Waals surface area (Å²) in [6.45, 7) is 31.4. The van der Waals surface area contributed by atoms with Gasteiger partial charge in [-0.1, -0.05) is 165 Å². The fraction of sp³-hybridized carbons (Fsp3) is 0.534. The maximum atomic E-state index is 5.57. The number of nitrogens with two attached hydrogens (primary N) is 11. The molecule has 0 spiro atoms. The van der Waals surface area contributed by atoms with Crippen LogP contribution in [0.3, 0.4) is 0 Å². The Morgan fingerprint density at radius 2 is 0.744 bits per heavy atom. The van der Waals surface area contributed by atoms with Crippen LogP contribution in [0.2, 0.25) is 0 Å². The number of aryl methyl sites for hydroxylation is 2. The smallest absolute Gasteiger partial charge is 0.492 e. The van der Waals surface area contributed by atoms with E-state index < -0.39 is 0 Å². The molecule has 0 unspecified atom stereocenters. The average molecular weight is 2030 g/mol. The summed E-state index contributed by atoms with van der Waals surface area (Å²) in [7, 11) is 23.2. The largest absolute Gasteiger partial charge is 2.00 e. The zero-order valence-electron chi connectivity index (χ0n) is 84.8. The van der Waals surface area contributed by atoms with Gasteiger partial charge in [0.15, 0.2) is 0 Å². The predicted octanol–water partition coefficient (Wildman–Crippen LogP) is 6.78. The van der Waals surface area contributed by atoms with Crippen molar-refractivity contribution < 1.29 is 49.5 Å². The normalized spacial score (nSPS) is 9.94. The topological polar surface area (TPSA) is 486 Å². The number of ether oxygens (including phenoxy) is 6. The van der Waals surface area contributed by atoms with E-state index in [2.05, 4.69) is 200 Å². The van der Waals surface area contributed by atoms with Gasteiger partial charge in [0.2, 0.25) is 0 Å². The van der Waals surface area contributed by atoms with Crippen LogP contribution in [0, 0.1) is 25.7 Å². The maximum Gasteiger partial charge on any atom is 2.00 e. The fourth-order valence-corrected chi connectivity index (χ4v) is 9.67. The first-order chi connectivity index (χ1) is 64.6.